The lowest BCUT2D eigenvalue weighted by atomic mass is 10.2. The van der Waals surface area contributed by atoms with Gasteiger partial charge in [0, 0.05) is 16.3 Å². The minimum atomic E-state index is -2.45. The molecule has 2 aromatic rings. The van der Waals surface area contributed by atoms with Gasteiger partial charge >= 0.3 is 0 Å². The number of thioether (sulfide) groups is 1. The first kappa shape index (κ1) is 13.5. The van der Waals surface area contributed by atoms with Crippen molar-refractivity contribution in [2.45, 2.75) is 17.6 Å². The SMILES string of the molecule is Cc1[nH]ncc1C(=O)Nc1ccc(SC(F)F)cc1. The maximum atomic E-state index is 12.1. The van der Waals surface area contributed by atoms with Crippen molar-refractivity contribution in [3.63, 3.8) is 0 Å². The van der Waals surface area contributed by atoms with Gasteiger partial charge in [0.15, 0.2) is 0 Å². The van der Waals surface area contributed by atoms with Crippen molar-refractivity contribution >= 4 is 23.4 Å². The van der Waals surface area contributed by atoms with Gasteiger partial charge in [-0.25, -0.2) is 0 Å². The number of benzene rings is 1. The lowest BCUT2D eigenvalue weighted by molar-refractivity contribution is 0.102. The summed E-state index contributed by atoms with van der Waals surface area (Å²) in [5.41, 5.74) is 1.66. The molecular weight excluding hydrogens is 272 g/mol. The molecule has 0 saturated carbocycles. The second-order valence-corrected chi connectivity index (χ2v) is 4.83. The number of alkyl halides is 2. The van der Waals surface area contributed by atoms with Crippen molar-refractivity contribution in [2.24, 2.45) is 0 Å². The fourth-order valence-corrected chi connectivity index (χ4v) is 2.00. The van der Waals surface area contributed by atoms with E-state index in [9.17, 15) is 13.6 Å². The molecule has 0 aliphatic carbocycles. The lowest BCUT2D eigenvalue weighted by Gasteiger charge is -2.05. The van der Waals surface area contributed by atoms with Crippen molar-refractivity contribution < 1.29 is 13.6 Å². The highest BCUT2D eigenvalue weighted by Gasteiger charge is 2.11. The quantitative estimate of drug-likeness (QED) is 0.847. The molecule has 0 spiro atoms. The van der Waals surface area contributed by atoms with Crippen LogP contribution in [0.1, 0.15) is 16.1 Å². The number of nitrogens with zero attached hydrogens (tertiary/aromatic N) is 1. The maximum absolute atomic E-state index is 12.1. The minimum Gasteiger partial charge on any atom is -0.322 e. The molecule has 0 aliphatic heterocycles. The second kappa shape index (κ2) is 5.83. The van der Waals surface area contributed by atoms with Crippen LogP contribution in [0.15, 0.2) is 35.4 Å². The monoisotopic (exact) mass is 283 g/mol. The van der Waals surface area contributed by atoms with Crippen molar-refractivity contribution in [2.75, 3.05) is 5.32 Å². The number of aromatic amines is 1. The molecule has 0 fully saturated rings. The number of H-pyrrole nitrogens is 1. The molecule has 0 saturated heterocycles. The van der Waals surface area contributed by atoms with Gasteiger partial charge in [-0.1, -0.05) is 11.8 Å². The van der Waals surface area contributed by atoms with Crippen molar-refractivity contribution in [1.29, 1.82) is 0 Å². The van der Waals surface area contributed by atoms with Gasteiger partial charge in [0.05, 0.1) is 11.8 Å². The summed E-state index contributed by atoms with van der Waals surface area (Å²) in [6.07, 6.45) is 1.44. The Bertz CT molecular complexity index is 569. The summed E-state index contributed by atoms with van der Waals surface area (Å²) in [5.74, 6) is -2.74. The number of carbonyl (C=O) groups excluding carboxylic acids is 1. The molecular formula is C12H11F2N3OS. The van der Waals surface area contributed by atoms with E-state index in [0.717, 1.165) is 0 Å². The molecule has 0 bridgehead atoms. The maximum Gasteiger partial charge on any atom is 0.288 e. The topological polar surface area (TPSA) is 57.8 Å². The molecule has 19 heavy (non-hydrogen) atoms. The number of carbonyl (C=O) groups is 1. The van der Waals surface area contributed by atoms with Gasteiger partial charge in [-0.2, -0.15) is 13.9 Å². The highest BCUT2D eigenvalue weighted by atomic mass is 32.2. The zero-order chi connectivity index (χ0) is 13.8. The molecule has 0 atom stereocenters. The predicted octanol–water partition coefficient (Wildman–Crippen LogP) is 3.29. The molecule has 1 aromatic carbocycles. The van der Waals surface area contributed by atoms with Crippen molar-refractivity contribution in [1.82, 2.24) is 10.2 Å². The van der Waals surface area contributed by atoms with E-state index in [2.05, 4.69) is 15.5 Å². The number of hydrogen-bond acceptors (Lipinski definition) is 3. The third-order valence-electron chi connectivity index (χ3n) is 2.41. The molecule has 0 aliphatic rings. The van der Waals surface area contributed by atoms with Crippen LogP contribution in [0.3, 0.4) is 0 Å². The number of hydrogen-bond donors (Lipinski definition) is 2. The number of aryl methyl sites for hydroxylation is 1. The van der Waals surface area contributed by atoms with Gasteiger partial charge in [0.25, 0.3) is 11.7 Å². The van der Waals surface area contributed by atoms with Gasteiger partial charge in [-0.3, -0.25) is 9.89 Å². The molecule has 2 N–H and O–H groups in total. The Morgan fingerprint density at radius 1 is 1.37 bits per heavy atom. The molecule has 2 rings (SSSR count). The van der Waals surface area contributed by atoms with Gasteiger partial charge in [-0.05, 0) is 31.2 Å². The van der Waals surface area contributed by atoms with E-state index in [4.69, 9.17) is 0 Å². The Morgan fingerprint density at radius 2 is 2.05 bits per heavy atom. The van der Waals surface area contributed by atoms with Gasteiger partial charge in [0.1, 0.15) is 0 Å². The molecule has 4 nitrogen and oxygen atoms in total. The number of aromatic nitrogens is 2. The van der Waals surface area contributed by atoms with Crippen LogP contribution in [0.4, 0.5) is 14.5 Å². The normalized spacial score (nSPS) is 10.7. The van der Waals surface area contributed by atoms with E-state index in [1.54, 1.807) is 19.1 Å². The molecule has 1 aromatic heterocycles. The molecule has 1 heterocycles. The van der Waals surface area contributed by atoms with E-state index in [1.807, 2.05) is 0 Å². The molecule has 100 valence electrons. The van der Waals surface area contributed by atoms with Crippen molar-refractivity contribution in [3.8, 4) is 0 Å². The van der Waals surface area contributed by atoms with Gasteiger partial charge in [-0.15, -0.1) is 0 Å². The zero-order valence-electron chi connectivity index (χ0n) is 9.98. The number of rotatable bonds is 4. The van der Waals surface area contributed by atoms with E-state index < -0.39 is 5.76 Å². The Balaban J connectivity index is 2.04. The van der Waals surface area contributed by atoms with E-state index in [0.29, 0.717) is 33.6 Å². The third kappa shape index (κ3) is 3.54. The smallest absolute Gasteiger partial charge is 0.288 e. The van der Waals surface area contributed by atoms with Crippen LogP contribution >= 0.6 is 11.8 Å². The summed E-state index contributed by atoms with van der Waals surface area (Å²) in [5, 5.41) is 9.10. The number of anilines is 1. The van der Waals surface area contributed by atoms with E-state index in [1.165, 1.54) is 18.3 Å². The minimum absolute atomic E-state index is 0.291. The van der Waals surface area contributed by atoms with E-state index in [-0.39, 0.29) is 5.91 Å². The number of nitrogens with one attached hydrogen (secondary N) is 2. The second-order valence-electron chi connectivity index (χ2n) is 3.77. The van der Waals surface area contributed by atoms with Crippen LogP contribution in [0, 0.1) is 6.92 Å². The summed E-state index contributed by atoms with van der Waals surface area (Å²) in [6.45, 7) is 1.74. The molecule has 0 radical (unpaired) electrons. The van der Waals surface area contributed by atoms with Crippen LogP contribution in [-0.2, 0) is 0 Å². The van der Waals surface area contributed by atoms with Gasteiger partial charge < -0.3 is 5.32 Å². The zero-order valence-corrected chi connectivity index (χ0v) is 10.8. The summed E-state index contributed by atoms with van der Waals surface area (Å²) >= 11 is 0.465. The Hall–Kier alpha value is -1.89. The Morgan fingerprint density at radius 3 is 2.58 bits per heavy atom. The lowest BCUT2D eigenvalue weighted by Crippen LogP contribution is -2.12. The average Bonchev–Trinajstić information content (AvgIpc) is 2.77. The fraction of sp³-hybridized carbons (Fsp3) is 0.167. The van der Waals surface area contributed by atoms with Crippen LogP contribution in [0.25, 0.3) is 0 Å². The average molecular weight is 283 g/mol. The van der Waals surface area contributed by atoms with E-state index >= 15 is 0 Å². The predicted molar refractivity (Wildman–Crippen MR) is 69.6 cm³/mol. The third-order valence-corrected chi connectivity index (χ3v) is 3.13. The fourth-order valence-electron chi connectivity index (χ4n) is 1.50. The first-order valence-electron chi connectivity index (χ1n) is 5.42. The van der Waals surface area contributed by atoms with Gasteiger partial charge in [0.2, 0.25) is 0 Å². The first-order valence-corrected chi connectivity index (χ1v) is 6.30. The molecule has 1 amide bonds. The van der Waals surface area contributed by atoms with Crippen LogP contribution in [0.5, 0.6) is 0 Å². The largest absolute Gasteiger partial charge is 0.322 e. The summed E-state index contributed by atoms with van der Waals surface area (Å²) < 4.78 is 24.3. The first-order chi connectivity index (χ1) is 9.06. The van der Waals surface area contributed by atoms with Crippen LogP contribution in [-0.4, -0.2) is 21.9 Å². The number of halogens is 2. The molecule has 0 unspecified atom stereocenters. The standard InChI is InChI=1S/C12H11F2N3OS/c1-7-10(6-15-17-7)11(18)16-8-2-4-9(5-3-8)19-12(13)14/h2-6,12H,1H3,(H,15,17)(H,16,18). The molecule has 7 heteroatoms. The van der Waals surface area contributed by atoms with Crippen LogP contribution in [0.2, 0.25) is 0 Å². The Labute approximate surface area is 112 Å². The Kier molecular flexibility index (Phi) is 4.16. The number of amides is 1. The summed E-state index contributed by atoms with van der Waals surface area (Å²) in [7, 11) is 0. The summed E-state index contributed by atoms with van der Waals surface area (Å²) in [4.78, 5) is 12.3. The van der Waals surface area contributed by atoms with Crippen LogP contribution < -0.4 is 5.32 Å². The summed E-state index contributed by atoms with van der Waals surface area (Å²) in [6, 6.07) is 6.24. The van der Waals surface area contributed by atoms with Crippen molar-refractivity contribution in [3.05, 3.63) is 41.7 Å². The highest BCUT2D eigenvalue weighted by molar-refractivity contribution is 7.99. The highest BCUT2D eigenvalue weighted by Crippen LogP contribution is 2.26.